The molecular formula is C18H19FN2O4. The van der Waals surface area contributed by atoms with E-state index in [2.05, 4.69) is 0 Å². The van der Waals surface area contributed by atoms with Crippen molar-refractivity contribution < 1.29 is 19.4 Å². The number of fused-ring (bicyclic) bond motifs is 1. The number of carboxylic acid groups (broad SMARTS) is 1. The van der Waals surface area contributed by atoms with Gasteiger partial charge in [-0.3, -0.25) is 4.79 Å². The van der Waals surface area contributed by atoms with E-state index in [-0.39, 0.29) is 23.0 Å². The third-order valence-electron chi connectivity index (χ3n) is 5.23. The average Bonchev–Trinajstić information content (AvgIpc) is 3.38. The molecule has 1 aromatic carbocycles. The normalized spacial score (nSPS) is 22.9. The molecule has 2 fully saturated rings. The number of anilines is 1. The van der Waals surface area contributed by atoms with Crippen LogP contribution in [0.2, 0.25) is 0 Å². The highest BCUT2D eigenvalue weighted by atomic mass is 19.1. The number of hydrogen-bond donors (Lipinski definition) is 2. The molecule has 0 spiro atoms. The van der Waals surface area contributed by atoms with Crippen molar-refractivity contribution in [1.29, 1.82) is 0 Å². The first kappa shape index (κ1) is 16.1. The Hall–Kier alpha value is -2.41. The smallest absolute Gasteiger partial charge is 0.341 e. The summed E-state index contributed by atoms with van der Waals surface area (Å²) in [5.41, 5.74) is -0.107. The Morgan fingerprint density at radius 2 is 2.08 bits per heavy atom. The number of hydrogen-bond acceptors (Lipinski definition) is 4. The van der Waals surface area contributed by atoms with E-state index < -0.39 is 23.3 Å². The number of aromatic nitrogens is 1. The number of β-amino-alcohol motifs (C(OH)–C–C–N with tert-alkyl or cyclic N) is 1. The topological polar surface area (TPSA) is 82.8 Å². The van der Waals surface area contributed by atoms with Crippen molar-refractivity contribution in [2.75, 3.05) is 11.4 Å². The van der Waals surface area contributed by atoms with Gasteiger partial charge >= 0.3 is 5.97 Å². The molecule has 2 N–H and O–H groups in total. The first-order valence-corrected chi connectivity index (χ1v) is 8.48. The highest BCUT2D eigenvalue weighted by Gasteiger charge is 2.38. The first-order valence-electron chi connectivity index (χ1n) is 8.48. The molecule has 2 heterocycles. The first-order chi connectivity index (χ1) is 11.9. The van der Waals surface area contributed by atoms with Crippen LogP contribution < -0.4 is 10.3 Å². The highest BCUT2D eigenvalue weighted by Crippen LogP contribution is 2.39. The van der Waals surface area contributed by atoms with Crippen molar-refractivity contribution >= 4 is 22.6 Å². The second-order valence-corrected chi connectivity index (χ2v) is 6.83. The zero-order valence-corrected chi connectivity index (χ0v) is 13.8. The largest absolute Gasteiger partial charge is 0.477 e. The lowest BCUT2D eigenvalue weighted by molar-refractivity contribution is 0.0694. The molecule has 25 heavy (non-hydrogen) atoms. The Labute approximate surface area is 143 Å². The number of aliphatic hydroxyl groups is 1. The van der Waals surface area contributed by atoms with Gasteiger partial charge in [-0.15, -0.1) is 0 Å². The van der Waals surface area contributed by atoms with Gasteiger partial charge in [0.25, 0.3) is 0 Å². The molecule has 1 saturated heterocycles. The summed E-state index contributed by atoms with van der Waals surface area (Å²) in [4.78, 5) is 25.6. The number of aliphatic hydroxyl groups excluding tert-OH is 1. The Balaban J connectivity index is 1.93. The number of carboxylic acids is 1. The van der Waals surface area contributed by atoms with E-state index in [9.17, 15) is 24.2 Å². The number of pyridine rings is 1. The van der Waals surface area contributed by atoms with E-state index in [1.165, 1.54) is 6.20 Å². The quantitative estimate of drug-likeness (QED) is 0.886. The van der Waals surface area contributed by atoms with Crippen molar-refractivity contribution in [3.05, 3.63) is 39.9 Å². The molecule has 0 radical (unpaired) electrons. The lowest BCUT2D eigenvalue weighted by Gasteiger charge is -2.47. The number of carbonyl (C=O) groups is 1. The molecule has 1 aliphatic heterocycles. The predicted octanol–water partition coefficient (Wildman–Crippen LogP) is 2.13. The monoisotopic (exact) mass is 346 g/mol. The fourth-order valence-corrected chi connectivity index (χ4v) is 3.68. The van der Waals surface area contributed by atoms with Gasteiger partial charge in [-0.1, -0.05) is 6.92 Å². The van der Waals surface area contributed by atoms with Crippen molar-refractivity contribution in [1.82, 2.24) is 4.57 Å². The molecule has 132 valence electrons. The van der Waals surface area contributed by atoms with Gasteiger partial charge < -0.3 is 19.7 Å². The van der Waals surface area contributed by atoms with E-state index in [0.29, 0.717) is 24.2 Å². The Morgan fingerprint density at radius 1 is 1.36 bits per heavy atom. The van der Waals surface area contributed by atoms with Crippen LogP contribution in [0, 0.1) is 5.82 Å². The second kappa shape index (κ2) is 5.56. The molecule has 1 aromatic heterocycles. The van der Waals surface area contributed by atoms with Gasteiger partial charge in [0.1, 0.15) is 11.4 Å². The van der Waals surface area contributed by atoms with Crippen LogP contribution in [0.3, 0.4) is 0 Å². The summed E-state index contributed by atoms with van der Waals surface area (Å²) in [6.07, 6.45) is 3.38. The molecule has 0 bridgehead atoms. The van der Waals surface area contributed by atoms with E-state index >= 15 is 0 Å². The third kappa shape index (κ3) is 2.41. The van der Waals surface area contributed by atoms with E-state index in [1.54, 1.807) is 15.5 Å². The van der Waals surface area contributed by atoms with Crippen LogP contribution >= 0.6 is 0 Å². The van der Waals surface area contributed by atoms with Gasteiger partial charge in [-0.25, -0.2) is 9.18 Å². The van der Waals surface area contributed by atoms with Gasteiger partial charge in [-0.05, 0) is 31.4 Å². The minimum absolute atomic E-state index is 0.0853. The Bertz CT molecular complexity index is 935. The van der Waals surface area contributed by atoms with Gasteiger partial charge in [0.15, 0.2) is 0 Å². The Morgan fingerprint density at radius 3 is 2.64 bits per heavy atom. The molecule has 1 aliphatic carbocycles. The SMILES string of the molecule is CC[C@@H]1[C@@H](O)CN1c1cc2c(cc1F)c(=O)c(C(=O)O)cn2C1CC1. The van der Waals surface area contributed by atoms with Gasteiger partial charge in [0.05, 0.1) is 23.3 Å². The molecule has 0 amide bonds. The van der Waals surface area contributed by atoms with Crippen LogP contribution in [-0.2, 0) is 0 Å². The number of aromatic carboxylic acids is 1. The summed E-state index contributed by atoms with van der Waals surface area (Å²) in [5.74, 6) is -1.87. The highest BCUT2D eigenvalue weighted by molar-refractivity contribution is 5.93. The predicted molar refractivity (Wildman–Crippen MR) is 90.8 cm³/mol. The fraction of sp³-hybridized carbons (Fsp3) is 0.444. The summed E-state index contributed by atoms with van der Waals surface area (Å²) in [5, 5.41) is 19.2. The Kier molecular flexibility index (Phi) is 3.57. The van der Waals surface area contributed by atoms with Crippen molar-refractivity contribution in [2.45, 2.75) is 44.4 Å². The molecule has 2 aromatic rings. The minimum atomic E-state index is -1.30. The molecule has 1 saturated carbocycles. The standard InChI is InChI=1S/C18H19FN2O4/c1-2-13-16(22)8-21(13)15-6-14-10(5-12(15)19)17(23)11(18(24)25)7-20(14)9-3-4-9/h5-7,9,13,16,22H,2-4,8H2,1H3,(H,24,25)/t13-,16+/m1/s1. The molecule has 0 unspecified atom stereocenters. The number of halogens is 1. The van der Waals surface area contributed by atoms with Crippen LogP contribution in [0.25, 0.3) is 10.9 Å². The molecule has 4 rings (SSSR count). The zero-order chi connectivity index (χ0) is 17.9. The van der Waals surface area contributed by atoms with Crippen LogP contribution in [-0.4, -0.2) is 39.4 Å². The van der Waals surface area contributed by atoms with E-state index in [4.69, 9.17) is 0 Å². The van der Waals surface area contributed by atoms with Crippen molar-refractivity contribution in [2.24, 2.45) is 0 Å². The number of nitrogens with zero attached hydrogens (tertiary/aromatic N) is 2. The third-order valence-corrected chi connectivity index (χ3v) is 5.23. The lowest BCUT2D eigenvalue weighted by atomic mass is 9.95. The summed E-state index contributed by atoms with van der Waals surface area (Å²) in [6.45, 7) is 2.28. The number of rotatable bonds is 4. The van der Waals surface area contributed by atoms with Gasteiger partial charge in [-0.2, -0.15) is 0 Å². The molecule has 7 heteroatoms. The van der Waals surface area contributed by atoms with Gasteiger partial charge in [0, 0.05) is 24.2 Å². The number of benzene rings is 1. The maximum Gasteiger partial charge on any atom is 0.341 e. The molecule has 2 aliphatic rings. The van der Waals surface area contributed by atoms with E-state index in [1.807, 2.05) is 6.92 Å². The van der Waals surface area contributed by atoms with Crippen LogP contribution in [0.4, 0.5) is 10.1 Å². The average molecular weight is 346 g/mol. The summed E-state index contributed by atoms with van der Waals surface area (Å²) in [6, 6.07) is 2.75. The fourth-order valence-electron chi connectivity index (χ4n) is 3.68. The maximum atomic E-state index is 14.7. The van der Waals surface area contributed by atoms with Crippen molar-refractivity contribution in [3.63, 3.8) is 0 Å². The minimum Gasteiger partial charge on any atom is -0.477 e. The molecular weight excluding hydrogens is 327 g/mol. The summed E-state index contributed by atoms with van der Waals surface area (Å²) < 4.78 is 16.4. The summed E-state index contributed by atoms with van der Waals surface area (Å²) in [7, 11) is 0. The van der Waals surface area contributed by atoms with Gasteiger partial charge in [0.2, 0.25) is 5.43 Å². The molecule has 2 atom stereocenters. The summed E-state index contributed by atoms with van der Waals surface area (Å²) >= 11 is 0. The molecule has 6 nitrogen and oxygen atoms in total. The van der Waals surface area contributed by atoms with Crippen LogP contribution in [0.15, 0.2) is 23.1 Å². The van der Waals surface area contributed by atoms with Crippen LogP contribution in [0.1, 0.15) is 42.6 Å². The lowest BCUT2D eigenvalue weighted by Crippen LogP contribution is -2.60. The van der Waals surface area contributed by atoms with Crippen molar-refractivity contribution in [3.8, 4) is 0 Å². The second-order valence-electron chi connectivity index (χ2n) is 6.83. The van der Waals surface area contributed by atoms with E-state index in [0.717, 1.165) is 18.9 Å². The zero-order valence-electron chi connectivity index (χ0n) is 13.8. The van der Waals surface area contributed by atoms with Crippen LogP contribution in [0.5, 0.6) is 0 Å². The maximum absolute atomic E-state index is 14.7.